The van der Waals surface area contributed by atoms with E-state index in [1.807, 2.05) is 20.8 Å². The van der Waals surface area contributed by atoms with Crippen LogP contribution >= 0.6 is 0 Å². The lowest BCUT2D eigenvalue weighted by Crippen LogP contribution is -2.38. The summed E-state index contributed by atoms with van der Waals surface area (Å²) in [5, 5.41) is 5.90. The van der Waals surface area contributed by atoms with Gasteiger partial charge in [-0.25, -0.2) is 4.79 Å². The number of ether oxygens (including phenoxy) is 1. The Morgan fingerprint density at radius 1 is 1.17 bits per heavy atom. The number of nitrogens with one attached hydrogen (secondary N) is 2. The standard InChI is InChI=1S/C17H36N4O2/c1-13(2)9-7-10-14(3)21-15(18)19-11-8-12-20-16(22)23-17(4,5)6/h13-14H,7-12H2,1-6H3,(H,20,22)(H3,18,19,21). The summed E-state index contributed by atoms with van der Waals surface area (Å²) in [4.78, 5) is 15.7. The molecule has 0 radical (unpaired) electrons. The summed E-state index contributed by atoms with van der Waals surface area (Å²) in [6.45, 7) is 13.2. The van der Waals surface area contributed by atoms with Crippen molar-refractivity contribution in [2.75, 3.05) is 13.1 Å². The summed E-state index contributed by atoms with van der Waals surface area (Å²) in [5.74, 6) is 1.21. The number of aliphatic imine (C=N–C) groups is 1. The van der Waals surface area contributed by atoms with Crippen LogP contribution in [0.2, 0.25) is 0 Å². The maximum Gasteiger partial charge on any atom is 0.407 e. The van der Waals surface area contributed by atoms with E-state index >= 15 is 0 Å². The normalized spacial score (nSPS) is 13.8. The summed E-state index contributed by atoms with van der Waals surface area (Å²) in [6.07, 6.45) is 3.85. The molecular weight excluding hydrogens is 292 g/mol. The molecule has 0 aliphatic rings. The first-order valence-electron chi connectivity index (χ1n) is 8.63. The molecule has 0 aliphatic heterocycles. The molecule has 4 N–H and O–H groups in total. The molecule has 6 heteroatoms. The highest BCUT2D eigenvalue weighted by Gasteiger charge is 2.15. The number of hydrogen-bond donors (Lipinski definition) is 3. The number of rotatable bonds is 9. The highest BCUT2D eigenvalue weighted by molar-refractivity contribution is 5.78. The van der Waals surface area contributed by atoms with Crippen LogP contribution in [0, 0.1) is 5.92 Å². The van der Waals surface area contributed by atoms with Gasteiger partial charge in [-0.1, -0.05) is 26.7 Å². The van der Waals surface area contributed by atoms with Crippen molar-refractivity contribution in [2.45, 2.75) is 78.9 Å². The fourth-order valence-electron chi connectivity index (χ4n) is 1.99. The number of nitrogens with two attached hydrogens (primary N) is 1. The molecule has 1 atom stereocenters. The third kappa shape index (κ3) is 15.2. The zero-order valence-corrected chi connectivity index (χ0v) is 15.7. The van der Waals surface area contributed by atoms with Crippen LogP contribution in [0.1, 0.15) is 67.2 Å². The molecule has 0 aliphatic carbocycles. The first-order valence-corrected chi connectivity index (χ1v) is 8.63. The van der Waals surface area contributed by atoms with E-state index in [1.165, 1.54) is 12.8 Å². The van der Waals surface area contributed by atoms with Crippen LogP contribution in [0.15, 0.2) is 4.99 Å². The zero-order chi connectivity index (χ0) is 17.9. The van der Waals surface area contributed by atoms with Gasteiger partial charge in [-0.15, -0.1) is 0 Å². The first-order chi connectivity index (χ1) is 10.6. The van der Waals surface area contributed by atoms with Gasteiger partial charge in [0.1, 0.15) is 5.60 Å². The summed E-state index contributed by atoms with van der Waals surface area (Å²) in [7, 11) is 0. The lowest BCUT2D eigenvalue weighted by Gasteiger charge is -2.19. The van der Waals surface area contributed by atoms with E-state index in [2.05, 4.69) is 36.4 Å². The van der Waals surface area contributed by atoms with Gasteiger partial charge in [0, 0.05) is 19.1 Å². The van der Waals surface area contributed by atoms with Gasteiger partial charge in [-0.2, -0.15) is 0 Å². The summed E-state index contributed by atoms with van der Waals surface area (Å²) < 4.78 is 5.15. The Bertz CT molecular complexity index is 362. The van der Waals surface area contributed by atoms with Gasteiger partial charge >= 0.3 is 6.09 Å². The van der Waals surface area contributed by atoms with E-state index in [1.54, 1.807) is 0 Å². The monoisotopic (exact) mass is 328 g/mol. The van der Waals surface area contributed by atoms with Gasteiger partial charge < -0.3 is 21.1 Å². The van der Waals surface area contributed by atoms with Crippen molar-refractivity contribution in [1.29, 1.82) is 0 Å². The number of amides is 1. The summed E-state index contributed by atoms with van der Waals surface area (Å²) in [5.41, 5.74) is 5.39. The zero-order valence-electron chi connectivity index (χ0n) is 15.7. The van der Waals surface area contributed by atoms with Crippen LogP contribution in [-0.2, 0) is 4.74 Å². The second kappa shape index (κ2) is 11.1. The molecular formula is C17H36N4O2. The highest BCUT2D eigenvalue weighted by Crippen LogP contribution is 2.08. The molecule has 0 spiro atoms. The van der Waals surface area contributed by atoms with Crippen LogP contribution in [-0.4, -0.2) is 36.8 Å². The lowest BCUT2D eigenvalue weighted by atomic mass is 10.0. The van der Waals surface area contributed by atoms with E-state index in [9.17, 15) is 4.79 Å². The maximum atomic E-state index is 11.4. The lowest BCUT2D eigenvalue weighted by molar-refractivity contribution is 0.0527. The Hall–Kier alpha value is -1.46. The number of alkyl carbamates (subject to hydrolysis) is 1. The van der Waals surface area contributed by atoms with E-state index < -0.39 is 11.7 Å². The maximum absolute atomic E-state index is 11.4. The van der Waals surface area contributed by atoms with E-state index in [-0.39, 0.29) is 0 Å². The van der Waals surface area contributed by atoms with Crippen molar-refractivity contribution in [3.05, 3.63) is 0 Å². The quantitative estimate of drug-likeness (QED) is 0.345. The van der Waals surface area contributed by atoms with Crippen LogP contribution in [0.25, 0.3) is 0 Å². The van der Waals surface area contributed by atoms with Gasteiger partial charge in [-0.3, -0.25) is 4.99 Å². The molecule has 0 aromatic rings. The average molecular weight is 329 g/mol. The Kier molecular flexibility index (Phi) is 10.4. The van der Waals surface area contributed by atoms with E-state index in [0.717, 1.165) is 18.8 Å². The molecule has 0 saturated carbocycles. The van der Waals surface area contributed by atoms with Crippen molar-refractivity contribution >= 4 is 12.1 Å². The van der Waals surface area contributed by atoms with E-state index in [4.69, 9.17) is 10.5 Å². The topological polar surface area (TPSA) is 88.7 Å². The number of hydrogen-bond acceptors (Lipinski definition) is 3. The fourth-order valence-corrected chi connectivity index (χ4v) is 1.99. The smallest absolute Gasteiger partial charge is 0.407 e. The number of nitrogens with zero attached hydrogens (tertiary/aromatic N) is 1. The van der Waals surface area contributed by atoms with Gasteiger partial charge in [0.25, 0.3) is 0 Å². The molecule has 0 heterocycles. The van der Waals surface area contributed by atoms with Crippen LogP contribution in [0.5, 0.6) is 0 Å². The van der Waals surface area contributed by atoms with Crippen LogP contribution < -0.4 is 16.4 Å². The van der Waals surface area contributed by atoms with Crippen LogP contribution in [0.3, 0.4) is 0 Å². The minimum Gasteiger partial charge on any atom is -0.444 e. The molecule has 0 bridgehead atoms. The summed E-state index contributed by atoms with van der Waals surface area (Å²) >= 11 is 0. The largest absolute Gasteiger partial charge is 0.444 e. The predicted molar refractivity (Wildman–Crippen MR) is 96.6 cm³/mol. The molecule has 6 nitrogen and oxygen atoms in total. The fraction of sp³-hybridized carbons (Fsp3) is 0.882. The molecule has 1 amide bonds. The van der Waals surface area contributed by atoms with Gasteiger partial charge in [0.05, 0.1) is 0 Å². The third-order valence-corrected chi connectivity index (χ3v) is 3.10. The highest BCUT2D eigenvalue weighted by atomic mass is 16.6. The van der Waals surface area contributed by atoms with E-state index in [0.29, 0.717) is 25.1 Å². The molecule has 0 fully saturated rings. The molecule has 0 saturated heterocycles. The Labute approximate surface area is 141 Å². The molecule has 1 unspecified atom stereocenters. The van der Waals surface area contributed by atoms with Crippen molar-refractivity contribution in [3.8, 4) is 0 Å². The molecule has 0 aromatic heterocycles. The summed E-state index contributed by atoms with van der Waals surface area (Å²) in [6, 6.07) is 0.331. The van der Waals surface area contributed by atoms with Crippen molar-refractivity contribution in [2.24, 2.45) is 16.6 Å². The molecule has 0 aromatic carbocycles. The minimum absolute atomic E-state index is 0.331. The Morgan fingerprint density at radius 3 is 2.39 bits per heavy atom. The van der Waals surface area contributed by atoms with Crippen molar-refractivity contribution in [3.63, 3.8) is 0 Å². The molecule has 136 valence electrons. The SMILES string of the molecule is CC(C)CCCC(C)NC(N)=NCCCNC(=O)OC(C)(C)C. The Morgan fingerprint density at radius 2 is 1.83 bits per heavy atom. The number of carbonyl (C=O) groups excluding carboxylic acids is 1. The average Bonchev–Trinajstić information content (AvgIpc) is 2.35. The first kappa shape index (κ1) is 21.5. The second-order valence-electron chi connectivity index (χ2n) is 7.42. The number of guanidine groups is 1. The van der Waals surface area contributed by atoms with Gasteiger partial charge in [0.2, 0.25) is 0 Å². The van der Waals surface area contributed by atoms with Gasteiger partial charge in [-0.05, 0) is 46.5 Å². The number of carbonyl (C=O) groups is 1. The molecule has 0 rings (SSSR count). The van der Waals surface area contributed by atoms with Crippen molar-refractivity contribution in [1.82, 2.24) is 10.6 Å². The van der Waals surface area contributed by atoms with Crippen LogP contribution in [0.4, 0.5) is 4.79 Å². The predicted octanol–water partition coefficient (Wildman–Crippen LogP) is 3.02. The van der Waals surface area contributed by atoms with Gasteiger partial charge in [0.15, 0.2) is 5.96 Å². The third-order valence-electron chi connectivity index (χ3n) is 3.10. The Balaban J connectivity index is 3.76. The minimum atomic E-state index is -0.470. The van der Waals surface area contributed by atoms with Crippen molar-refractivity contribution < 1.29 is 9.53 Å². The second-order valence-corrected chi connectivity index (χ2v) is 7.42. The molecule has 23 heavy (non-hydrogen) atoms.